The molecule has 1 aromatic carbocycles. The lowest BCUT2D eigenvalue weighted by molar-refractivity contribution is 0.460. The van der Waals surface area contributed by atoms with Gasteiger partial charge >= 0.3 is 16.1 Å². The minimum absolute atomic E-state index is 0.0402. The monoisotopic (exact) mass is 309 g/mol. The van der Waals surface area contributed by atoms with Crippen molar-refractivity contribution >= 4 is 22.2 Å². The topological polar surface area (TPSA) is 81.5 Å². The fraction of sp³-hybridized carbons (Fsp3) is 0.154. The van der Waals surface area contributed by atoms with Gasteiger partial charge in [0, 0.05) is 6.21 Å². The Labute approximate surface area is 121 Å². The number of rotatable bonds is 4. The number of hydrogen-bond donors (Lipinski definition) is 0. The first kappa shape index (κ1) is 15.0. The molecule has 0 aliphatic heterocycles. The first-order valence-electron chi connectivity index (χ1n) is 5.95. The third-order valence-corrected chi connectivity index (χ3v) is 3.67. The van der Waals surface area contributed by atoms with Gasteiger partial charge in [-0.1, -0.05) is 17.7 Å². The SMILES string of the molecule is CC=Nc1nc(OS(=O)(=O)c2ccc(C)cc2)ncc1F. The van der Waals surface area contributed by atoms with E-state index in [1.807, 2.05) is 6.92 Å². The minimum Gasteiger partial charge on any atom is -0.339 e. The zero-order valence-electron chi connectivity index (χ0n) is 11.3. The molecule has 0 fully saturated rings. The third kappa shape index (κ3) is 3.60. The van der Waals surface area contributed by atoms with Gasteiger partial charge in [-0.3, -0.25) is 0 Å². The maximum atomic E-state index is 13.3. The molecule has 110 valence electrons. The van der Waals surface area contributed by atoms with Crippen LogP contribution in [0.15, 0.2) is 40.4 Å². The molecule has 2 rings (SSSR count). The molecule has 0 saturated carbocycles. The zero-order valence-corrected chi connectivity index (χ0v) is 12.1. The molecule has 21 heavy (non-hydrogen) atoms. The molecule has 0 N–H and O–H groups in total. The number of aliphatic imine (C=N–C) groups is 1. The van der Waals surface area contributed by atoms with Crippen LogP contribution in [0.5, 0.6) is 6.01 Å². The van der Waals surface area contributed by atoms with Gasteiger partial charge in [0.05, 0.1) is 6.20 Å². The summed E-state index contributed by atoms with van der Waals surface area (Å²) in [5.74, 6) is -1.06. The Morgan fingerprint density at radius 1 is 1.29 bits per heavy atom. The molecule has 1 aromatic heterocycles. The Morgan fingerprint density at radius 3 is 2.57 bits per heavy atom. The molecule has 0 aliphatic carbocycles. The van der Waals surface area contributed by atoms with Crippen LogP contribution in [0.3, 0.4) is 0 Å². The fourth-order valence-electron chi connectivity index (χ4n) is 1.45. The van der Waals surface area contributed by atoms with E-state index in [0.717, 1.165) is 11.8 Å². The summed E-state index contributed by atoms with van der Waals surface area (Å²) < 4.78 is 42.2. The Hall–Kier alpha value is -2.35. The summed E-state index contributed by atoms with van der Waals surface area (Å²) in [7, 11) is -4.07. The molecule has 0 amide bonds. The predicted octanol–water partition coefficient (Wildman–Crippen LogP) is 2.41. The normalized spacial score (nSPS) is 11.8. The van der Waals surface area contributed by atoms with Gasteiger partial charge in [0.25, 0.3) is 0 Å². The van der Waals surface area contributed by atoms with Crippen LogP contribution in [0.4, 0.5) is 10.2 Å². The second-order valence-corrected chi connectivity index (χ2v) is 5.61. The molecule has 8 heteroatoms. The molecule has 0 unspecified atom stereocenters. The average molecular weight is 309 g/mol. The maximum Gasteiger partial charge on any atom is 0.341 e. The van der Waals surface area contributed by atoms with Crippen molar-refractivity contribution in [2.24, 2.45) is 4.99 Å². The van der Waals surface area contributed by atoms with E-state index in [4.69, 9.17) is 4.18 Å². The summed E-state index contributed by atoms with van der Waals surface area (Å²) in [5.41, 5.74) is 0.909. The highest BCUT2D eigenvalue weighted by molar-refractivity contribution is 7.87. The van der Waals surface area contributed by atoms with Crippen LogP contribution in [0, 0.1) is 12.7 Å². The van der Waals surface area contributed by atoms with Crippen LogP contribution < -0.4 is 4.18 Å². The quantitative estimate of drug-likeness (QED) is 0.640. The van der Waals surface area contributed by atoms with Gasteiger partial charge in [-0.25, -0.2) is 9.38 Å². The fourth-order valence-corrected chi connectivity index (χ4v) is 2.29. The largest absolute Gasteiger partial charge is 0.341 e. The number of hydrogen-bond acceptors (Lipinski definition) is 6. The summed E-state index contributed by atoms with van der Waals surface area (Å²) in [4.78, 5) is 10.7. The van der Waals surface area contributed by atoms with Gasteiger partial charge in [0.1, 0.15) is 4.90 Å². The lowest BCUT2D eigenvalue weighted by atomic mass is 10.2. The van der Waals surface area contributed by atoms with Crippen molar-refractivity contribution in [2.45, 2.75) is 18.7 Å². The van der Waals surface area contributed by atoms with Gasteiger partial charge < -0.3 is 4.18 Å². The Morgan fingerprint density at radius 2 is 1.95 bits per heavy atom. The van der Waals surface area contributed by atoms with E-state index >= 15 is 0 Å². The van der Waals surface area contributed by atoms with Crippen LogP contribution in [-0.4, -0.2) is 24.6 Å². The molecule has 6 nitrogen and oxygen atoms in total. The number of aryl methyl sites for hydroxylation is 1. The van der Waals surface area contributed by atoms with Crippen LogP contribution in [0.2, 0.25) is 0 Å². The molecule has 0 spiro atoms. The van der Waals surface area contributed by atoms with E-state index in [9.17, 15) is 12.8 Å². The van der Waals surface area contributed by atoms with Gasteiger partial charge in [-0.15, -0.1) is 0 Å². The highest BCUT2D eigenvalue weighted by Gasteiger charge is 2.19. The van der Waals surface area contributed by atoms with Crippen molar-refractivity contribution in [3.05, 3.63) is 41.8 Å². The molecule has 0 aliphatic rings. The Kier molecular flexibility index (Phi) is 4.27. The van der Waals surface area contributed by atoms with Gasteiger partial charge in [0.15, 0.2) is 11.6 Å². The molecule has 0 radical (unpaired) electrons. The Bertz CT molecular complexity index is 774. The summed E-state index contributed by atoms with van der Waals surface area (Å²) >= 11 is 0. The second kappa shape index (κ2) is 5.96. The standard InChI is InChI=1S/C13H12FN3O3S/c1-3-15-12-11(14)8-16-13(17-12)20-21(18,19)10-6-4-9(2)5-7-10/h3-8H,1-2H3. The van der Waals surface area contributed by atoms with Crippen molar-refractivity contribution in [1.82, 2.24) is 9.97 Å². The van der Waals surface area contributed by atoms with Crippen LogP contribution in [0.1, 0.15) is 12.5 Å². The molecular weight excluding hydrogens is 297 g/mol. The van der Waals surface area contributed by atoms with Gasteiger partial charge in [-0.05, 0) is 26.0 Å². The maximum absolute atomic E-state index is 13.3. The minimum atomic E-state index is -4.07. The smallest absolute Gasteiger partial charge is 0.339 e. The van der Waals surface area contributed by atoms with E-state index in [0.29, 0.717) is 0 Å². The summed E-state index contributed by atoms with van der Waals surface area (Å²) in [6, 6.07) is 5.58. The van der Waals surface area contributed by atoms with Crippen LogP contribution in [-0.2, 0) is 10.1 Å². The number of benzene rings is 1. The zero-order chi connectivity index (χ0) is 15.5. The van der Waals surface area contributed by atoms with Gasteiger partial charge in [0.2, 0.25) is 0 Å². The lowest BCUT2D eigenvalue weighted by Gasteiger charge is -2.06. The van der Waals surface area contributed by atoms with Crippen LogP contribution >= 0.6 is 0 Å². The van der Waals surface area contributed by atoms with Crippen molar-refractivity contribution in [2.75, 3.05) is 0 Å². The van der Waals surface area contributed by atoms with E-state index in [2.05, 4.69) is 15.0 Å². The first-order chi connectivity index (χ1) is 9.92. The van der Waals surface area contributed by atoms with Crippen molar-refractivity contribution in [3.63, 3.8) is 0 Å². The molecule has 2 aromatic rings. The molecular formula is C13H12FN3O3S. The van der Waals surface area contributed by atoms with Crippen LogP contribution in [0.25, 0.3) is 0 Å². The van der Waals surface area contributed by atoms with Crippen molar-refractivity contribution < 1.29 is 17.0 Å². The highest BCUT2D eigenvalue weighted by atomic mass is 32.2. The number of nitrogens with zero attached hydrogens (tertiary/aromatic N) is 3. The van der Waals surface area contributed by atoms with E-state index in [-0.39, 0.29) is 10.7 Å². The molecule has 0 bridgehead atoms. The molecule has 1 heterocycles. The summed E-state index contributed by atoms with van der Waals surface area (Å²) in [6.45, 7) is 3.40. The van der Waals surface area contributed by atoms with Crippen molar-refractivity contribution in [1.29, 1.82) is 0 Å². The molecule has 0 atom stereocenters. The average Bonchev–Trinajstić information content (AvgIpc) is 2.43. The van der Waals surface area contributed by atoms with E-state index in [1.54, 1.807) is 19.1 Å². The second-order valence-electron chi connectivity index (χ2n) is 4.06. The van der Waals surface area contributed by atoms with Crippen molar-refractivity contribution in [3.8, 4) is 6.01 Å². The lowest BCUT2D eigenvalue weighted by Crippen LogP contribution is -2.11. The van der Waals surface area contributed by atoms with Gasteiger partial charge in [-0.2, -0.15) is 18.4 Å². The summed E-state index contributed by atoms with van der Waals surface area (Å²) in [5, 5.41) is 0. The first-order valence-corrected chi connectivity index (χ1v) is 7.35. The summed E-state index contributed by atoms with van der Waals surface area (Å²) in [6.07, 6.45) is 2.12. The third-order valence-electron chi connectivity index (χ3n) is 2.45. The van der Waals surface area contributed by atoms with E-state index in [1.165, 1.54) is 18.3 Å². The molecule has 0 saturated heterocycles. The number of halogens is 1. The Balaban J connectivity index is 2.32. The highest BCUT2D eigenvalue weighted by Crippen LogP contribution is 2.19. The number of aromatic nitrogens is 2. The predicted molar refractivity (Wildman–Crippen MR) is 74.8 cm³/mol. The van der Waals surface area contributed by atoms with E-state index < -0.39 is 21.9 Å².